The van der Waals surface area contributed by atoms with Crippen molar-refractivity contribution in [3.05, 3.63) is 64.2 Å². The van der Waals surface area contributed by atoms with Crippen LogP contribution in [0.4, 0.5) is 0 Å². The Morgan fingerprint density at radius 3 is 2.84 bits per heavy atom. The largest absolute Gasteiger partial charge is 0.493 e. The third kappa shape index (κ3) is 2.46. The lowest BCUT2D eigenvalue weighted by Gasteiger charge is -2.30. The van der Waals surface area contributed by atoms with Gasteiger partial charge in [0.25, 0.3) is 0 Å². The van der Waals surface area contributed by atoms with E-state index in [1.54, 1.807) is 0 Å². The van der Waals surface area contributed by atoms with Gasteiger partial charge in [0, 0.05) is 23.0 Å². The zero-order valence-corrected chi connectivity index (χ0v) is 11.4. The summed E-state index contributed by atoms with van der Waals surface area (Å²) in [5.74, 6) is 1.34. The van der Waals surface area contributed by atoms with Crippen molar-refractivity contribution in [2.75, 3.05) is 6.61 Å². The number of nitrogens with two attached hydrogens (primary N) is 1. The second-order valence-electron chi connectivity index (χ2n) is 4.87. The monoisotopic (exact) mass is 273 g/mol. The van der Waals surface area contributed by atoms with E-state index < -0.39 is 0 Å². The molecule has 1 atom stereocenters. The molecule has 98 valence electrons. The molecule has 0 aromatic heterocycles. The van der Waals surface area contributed by atoms with E-state index in [1.807, 2.05) is 18.2 Å². The molecular weight excluding hydrogens is 258 g/mol. The first-order chi connectivity index (χ1) is 9.28. The molecule has 0 bridgehead atoms. The van der Waals surface area contributed by atoms with Gasteiger partial charge in [0.2, 0.25) is 0 Å². The average molecular weight is 274 g/mol. The Labute approximate surface area is 118 Å². The number of rotatable bonds is 4. The zero-order valence-electron chi connectivity index (χ0n) is 10.6. The normalized spacial score (nSPS) is 16.6. The lowest BCUT2D eigenvalue weighted by atomic mass is 9.78. The molecule has 1 aliphatic carbocycles. The Bertz CT molecular complexity index is 597. The third-order valence-corrected chi connectivity index (χ3v) is 3.88. The van der Waals surface area contributed by atoms with Gasteiger partial charge in [-0.1, -0.05) is 35.9 Å². The molecule has 1 aliphatic rings. The summed E-state index contributed by atoms with van der Waals surface area (Å²) in [6.07, 6.45) is 1.10. The van der Waals surface area contributed by atoms with Crippen LogP contribution < -0.4 is 10.5 Å². The predicted molar refractivity (Wildman–Crippen MR) is 77.7 cm³/mol. The fourth-order valence-electron chi connectivity index (χ4n) is 2.55. The minimum atomic E-state index is 0.442. The molecule has 2 aromatic rings. The molecule has 0 saturated heterocycles. The van der Waals surface area contributed by atoms with E-state index in [0.29, 0.717) is 24.1 Å². The van der Waals surface area contributed by atoms with Gasteiger partial charge in [0.05, 0.1) is 6.61 Å². The SMILES string of the molecule is NCc1cc(Cl)ccc1OCC1Cc2ccccc21. The van der Waals surface area contributed by atoms with Crippen LogP contribution in [0.25, 0.3) is 0 Å². The van der Waals surface area contributed by atoms with Crippen LogP contribution in [0.3, 0.4) is 0 Å². The third-order valence-electron chi connectivity index (χ3n) is 3.64. The molecule has 0 amide bonds. The Hall–Kier alpha value is -1.51. The lowest BCUT2D eigenvalue weighted by molar-refractivity contribution is 0.273. The van der Waals surface area contributed by atoms with E-state index in [9.17, 15) is 0 Å². The Kier molecular flexibility index (Phi) is 3.45. The molecule has 19 heavy (non-hydrogen) atoms. The summed E-state index contributed by atoms with van der Waals surface area (Å²) in [6, 6.07) is 14.1. The van der Waals surface area contributed by atoms with Crippen LogP contribution in [0.15, 0.2) is 42.5 Å². The first-order valence-corrected chi connectivity index (χ1v) is 6.85. The highest BCUT2D eigenvalue weighted by Gasteiger charge is 2.26. The highest BCUT2D eigenvalue weighted by atomic mass is 35.5. The maximum atomic E-state index is 5.95. The summed E-state index contributed by atoms with van der Waals surface area (Å²) in [7, 11) is 0. The molecule has 0 heterocycles. The minimum absolute atomic E-state index is 0.442. The summed E-state index contributed by atoms with van der Waals surface area (Å²) >= 11 is 5.95. The number of benzene rings is 2. The Morgan fingerprint density at radius 2 is 2.05 bits per heavy atom. The molecule has 1 unspecified atom stereocenters. The summed E-state index contributed by atoms with van der Waals surface area (Å²) in [5, 5.41) is 0.696. The van der Waals surface area contributed by atoms with E-state index in [0.717, 1.165) is 17.7 Å². The first-order valence-electron chi connectivity index (χ1n) is 6.47. The van der Waals surface area contributed by atoms with Gasteiger partial charge < -0.3 is 10.5 Å². The standard InChI is InChI=1S/C16H16ClNO/c17-14-5-6-16(12(8-14)9-18)19-10-13-7-11-3-1-2-4-15(11)13/h1-6,8,13H,7,9-10,18H2. The second-order valence-corrected chi connectivity index (χ2v) is 5.30. The lowest BCUT2D eigenvalue weighted by Crippen LogP contribution is -2.23. The summed E-state index contributed by atoms with van der Waals surface area (Å²) in [4.78, 5) is 0. The zero-order chi connectivity index (χ0) is 13.2. The maximum Gasteiger partial charge on any atom is 0.123 e. The van der Waals surface area contributed by atoms with E-state index in [2.05, 4.69) is 24.3 Å². The topological polar surface area (TPSA) is 35.2 Å². The molecule has 3 rings (SSSR count). The highest BCUT2D eigenvalue weighted by molar-refractivity contribution is 6.30. The van der Waals surface area contributed by atoms with E-state index in [1.165, 1.54) is 11.1 Å². The van der Waals surface area contributed by atoms with Gasteiger partial charge in [-0.05, 0) is 35.7 Å². The average Bonchev–Trinajstić information content (AvgIpc) is 2.41. The van der Waals surface area contributed by atoms with Gasteiger partial charge in [-0.3, -0.25) is 0 Å². The van der Waals surface area contributed by atoms with Gasteiger partial charge in [-0.2, -0.15) is 0 Å². The molecule has 3 heteroatoms. The van der Waals surface area contributed by atoms with Gasteiger partial charge in [0.15, 0.2) is 0 Å². The molecule has 0 fully saturated rings. The van der Waals surface area contributed by atoms with Crippen LogP contribution in [0.5, 0.6) is 5.75 Å². The van der Waals surface area contributed by atoms with Crippen molar-refractivity contribution >= 4 is 11.6 Å². The van der Waals surface area contributed by atoms with Gasteiger partial charge in [0.1, 0.15) is 5.75 Å². The van der Waals surface area contributed by atoms with Gasteiger partial charge in [-0.15, -0.1) is 0 Å². The molecule has 2 nitrogen and oxygen atoms in total. The molecule has 2 N–H and O–H groups in total. The van der Waals surface area contributed by atoms with Crippen LogP contribution in [-0.4, -0.2) is 6.61 Å². The van der Waals surface area contributed by atoms with E-state index in [4.69, 9.17) is 22.1 Å². The van der Waals surface area contributed by atoms with Crippen LogP contribution in [0.2, 0.25) is 5.02 Å². The number of ether oxygens (including phenoxy) is 1. The first kappa shape index (κ1) is 12.5. The molecule has 0 saturated carbocycles. The molecule has 0 spiro atoms. The van der Waals surface area contributed by atoms with E-state index in [-0.39, 0.29) is 0 Å². The molecule has 0 radical (unpaired) electrons. The summed E-state index contributed by atoms with van der Waals surface area (Å²) < 4.78 is 5.91. The highest BCUT2D eigenvalue weighted by Crippen LogP contribution is 2.35. The van der Waals surface area contributed by atoms with Crippen molar-refractivity contribution < 1.29 is 4.74 Å². The van der Waals surface area contributed by atoms with Crippen molar-refractivity contribution in [2.45, 2.75) is 18.9 Å². The summed E-state index contributed by atoms with van der Waals surface area (Å²) in [5.41, 5.74) is 9.51. The maximum absolute atomic E-state index is 5.95. The van der Waals surface area contributed by atoms with Crippen LogP contribution >= 0.6 is 11.6 Å². The fourth-order valence-corrected chi connectivity index (χ4v) is 2.74. The van der Waals surface area contributed by atoms with Crippen molar-refractivity contribution in [3.8, 4) is 5.75 Å². The molecular formula is C16H16ClNO. The van der Waals surface area contributed by atoms with Gasteiger partial charge >= 0.3 is 0 Å². The van der Waals surface area contributed by atoms with Crippen molar-refractivity contribution in [2.24, 2.45) is 5.73 Å². The number of hydrogen-bond donors (Lipinski definition) is 1. The second kappa shape index (κ2) is 5.24. The van der Waals surface area contributed by atoms with Crippen LogP contribution in [-0.2, 0) is 13.0 Å². The Morgan fingerprint density at radius 1 is 1.21 bits per heavy atom. The van der Waals surface area contributed by atoms with Crippen LogP contribution in [0, 0.1) is 0 Å². The smallest absolute Gasteiger partial charge is 0.123 e. The number of halogens is 1. The van der Waals surface area contributed by atoms with Crippen molar-refractivity contribution in [1.82, 2.24) is 0 Å². The van der Waals surface area contributed by atoms with E-state index >= 15 is 0 Å². The van der Waals surface area contributed by atoms with Gasteiger partial charge in [-0.25, -0.2) is 0 Å². The number of hydrogen-bond acceptors (Lipinski definition) is 2. The fraction of sp³-hybridized carbons (Fsp3) is 0.250. The van der Waals surface area contributed by atoms with Crippen molar-refractivity contribution in [3.63, 3.8) is 0 Å². The van der Waals surface area contributed by atoms with Crippen LogP contribution in [0.1, 0.15) is 22.6 Å². The molecule has 2 aromatic carbocycles. The van der Waals surface area contributed by atoms with Crippen molar-refractivity contribution in [1.29, 1.82) is 0 Å². The Balaban J connectivity index is 1.68. The number of fused-ring (bicyclic) bond motifs is 1. The quantitative estimate of drug-likeness (QED) is 0.925. The summed E-state index contributed by atoms with van der Waals surface area (Å²) in [6.45, 7) is 1.14. The molecule has 0 aliphatic heterocycles. The predicted octanol–water partition coefficient (Wildman–Crippen LogP) is 3.52. The minimum Gasteiger partial charge on any atom is -0.493 e.